The number of carbonyl (C=O) groups is 3. The SMILES string of the molecule is CC\C=C/C=C\C=C/CCCCCCCCCC(=O)OC(COC(=O)CCCCC/C=C\C/C=C\C/C=C\C/C=C\CC)COC(=O)CCCCCC/C=C\C/C=C\C/C=C\CC. The highest BCUT2D eigenvalue weighted by Gasteiger charge is 2.19. The first-order valence-electron chi connectivity index (χ1n) is 25.1. The van der Waals surface area contributed by atoms with Gasteiger partial charge in [-0.15, -0.1) is 0 Å². The molecule has 0 saturated carbocycles. The summed E-state index contributed by atoms with van der Waals surface area (Å²) in [6.07, 6.45) is 68.9. The van der Waals surface area contributed by atoms with Crippen LogP contribution in [0.3, 0.4) is 0 Å². The summed E-state index contributed by atoms with van der Waals surface area (Å²) in [4.78, 5) is 38.0. The van der Waals surface area contributed by atoms with Crippen molar-refractivity contribution in [3.63, 3.8) is 0 Å². The lowest BCUT2D eigenvalue weighted by Crippen LogP contribution is -2.30. The van der Waals surface area contributed by atoms with Crippen LogP contribution in [0.1, 0.15) is 201 Å². The molecule has 0 rings (SSSR count). The zero-order chi connectivity index (χ0) is 45.8. The van der Waals surface area contributed by atoms with E-state index >= 15 is 0 Å². The van der Waals surface area contributed by atoms with E-state index in [1.807, 2.05) is 0 Å². The van der Waals surface area contributed by atoms with Crippen molar-refractivity contribution in [3.05, 3.63) is 122 Å². The molecular formula is C57H90O6. The van der Waals surface area contributed by atoms with E-state index in [9.17, 15) is 14.4 Å². The molecule has 0 aliphatic carbocycles. The molecule has 0 aromatic carbocycles. The fraction of sp³-hybridized carbons (Fsp3) is 0.596. The van der Waals surface area contributed by atoms with Crippen LogP contribution in [0, 0.1) is 0 Å². The molecule has 0 N–H and O–H groups in total. The van der Waals surface area contributed by atoms with Crippen LogP contribution in [0.5, 0.6) is 0 Å². The Balaban J connectivity index is 4.52. The summed E-state index contributed by atoms with van der Waals surface area (Å²) >= 11 is 0. The van der Waals surface area contributed by atoms with Crippen LogP contribution in [-0.2, 0) is 28.6 Å². The van der Waals surface area contributed by atoms with Gasteiger partial charge in [0.05, 0.1) is 0 Å². The summed E-state index contributed by atoms with van der Waals surface area (Å²) < 4.78 is 16.7. The van der Waals surface area contributed by atoms with Gasteiger partial charge in [-0.2, -0.15) is 0 Å². The van der Waals surface area contributed by atoms with Gasteiger partial charge in [0.15, 0.2) is 6.10 Å². The van der Waals surface area contributed by atoms with E-state index in [0.717, 1.165) is 141 Å². The molecule has 354 valence electrons. The molecule has 0 aromatic heterocycles. The van der Waals surface area contributed by atoms with Gasteiger partial charge in [-0.25, -0.2) is 0 Å². The van der Waals surface area contributed by atoms with Crippen molar-refractivity contribution in [1.29, 1.82) is 0 Å². The maximum Gasteiger partial charge on any atom is 0.306 e. The van der Waals surface area contributed by atoms with Gasteiger partial charge in [0.2, 0.25) is 0 Å². The van der Waals surface area contributed by atoms with Crippen molar-refractivity contribution in [2.45, 2.75) is 207 Å². The Labute approximate surface area is 386 Å². The number of esters is 3. The second-order valence-electron chi connectivity index (χ2n) is 16.0. The average molecular weight is 871 g/mol. The molecule has 0 heterocycles. The van der Waals surface area contributed by atoms with Crippen molar-refractivity contribution in [2.75, 3.05) is 13.2 Å². The minimum Gasteiger partial charge on any atom is -0.462 e. The Kier molecular flexibility index (Phi) is 47.1. The number of rotatable bonds is 43. The van der Waals surface area contributed by atoms with Crippen molar-refractivity contribution in [3.8, 4) is 0 Å². The Morgan fingerprint density at radius 2 is 0.651 bits per heavy atom. The molecule has 1 atom stereocenters. The van der Waals surface area contributed by atoms with Crippen LogP contribution in [0.15, 0.2) is 122 Å². The minimum absolute atomic E-state index is 0.109. The lowest BCUT2D eigenvalue weighted by Gasteiger charge is -2.18. The normalized spacial score (nSPS) is 13.1. The van der Waals surface area contributed by atoms with Crippen molar-refractivity contribution < 1.29 is 28.6 Å². The Morgan fingerprint density at radius 1 is 0.333 bits per heavy atom. The van der Waals surface area contributed by atoms with Crippen molar-refractivity contribution in [2.24, 2.45) is 0 Å². The van der Waals surface area contributed by atoms with Gasteiger partial charge in [-0.3, -0.25) is 14.4 Å². The van der Waals surface area contributed by atoms with Crippen LogP contribution in [-0.4, -0.2) is 37.2 Å². The van der Waals surface area contributed by atoms with Crippen LogP contribution in [0.25, 0.3) is 0 Å². The molecule has 0 amide bonds. The van der Waals surface area contributed by atoms with Crippen LogP contribution in [0.4, 0.5) is 0 Å². The molecule has 6 heteroatoms. The number of allylic oxidation sites excluding steroid dienone is 20. The molecule has 0 aliphatic heterocycles. The third-order valence-corrected chi connectivity index (χ3v) is 10.0. The van der Waals surface area contributed by atoms with Crippen molar-refractivity contribution >= 4 is 17.9 Å². The second kappa shape index (κ2) is 50.5. The highest BCUT2D eigenvalue weighted by Crippen LogP contribution is 2.13. The standard InChI is InChI=1S/C57H90O6/c1-4-7-10-13-16-19-22-25-28-30-32-35-38-41-44-47-50-56(59)62-53-54(52-61-55(58)49-46-43-40-37-34-31-27-24-21-18-15-12-9-6-3)63-57(60)51-48-45-42-39-36-33-29-26-23-20-17-14-11-8-5-2/h7-12,14,16-21,23,25,27-28,31-32,35,54H,4-6,13,15,22,24,26,29-30,33-34,36-53H2,1-3H3/b10-7-,11-8-,12-9-,17-14-,19-16-,21-18-,23-20-,28-25-,31-27-,35-32-. The van der Waals surface area contributed by atoms with E-state index in [-0.39, 0.29) is 31.1 Å². The summed E-state index contributed by atoms with van der Waals surface area (Å²) in [6.45, 7) is 6.20. The zero-order valence-corrected chi connectivity index (χ0v) is 40.3. The molecule has 0 fully saturated rings. The number of hydrogen-bond acceptors (Lipinski definition) is 6. The van der Waals surface area contributed by atoms with Crippen LogP contribution < -0.4 is 0 Å². The van der Waals surface area contributed by atoms with Crippen molar-refractivity contribution in [1.82, 2.24) is 0 Å². The summed E-state index contributed by atoms with van der Waals surface area (Å²) in [6, 6.07) is 0. The molecule has 0 spiro atoms. The van der Waals surface area contributed by atoms with Gasteiger partial charge < -0.3 is 14.2 Å². The fourth-order valence-electron chi connectivity index (χ4n) is 6.33. The predicted molar refractivity (Wildman–Crippen MR) is 269 cm³/mol. The van der Waals surface area contributed by atoms with Crippen LogP contribution in [0.2, 0.25) is 0 Å². The smallest absolute Gasteiger partial charge is 0.306 e. The first kappa shape index (κ1) is 58.8. The number of hydrogen-bond donors (Lipinski definition) is 0. The topological polar surface area (TPSA) is 78.9 Å². The Bertz CT molecular complexity index is 1370. The number of carbonyl (C=O) groups excluding carboxylic acids is 3. The quantitative estimate of drug-likeness (QED) is 0.0200. The lowest BCUT2D eigenvalue weighted by molar-refractivity contribution is -0.167. The largest absolute Gasteiger partial charge is 0.462 e. The van der Waals surface area contributed by atoms with Crippen LogP contribution >= 0.6 is 0 Å². The predicted octanol–water partition coefficient (Wildman–Crippen LogP) is 16.5. The highest BCUT2D eigenvalue weighted by molar-refractivity contribution is 5.71. The maximum absolute atomic E-state index is 12.8. The van der Waals surface area contributed by atoms with Gasteiger partial charge in [0.25, 0.3) is 0 Å². The van der Waals surface area contributed by atoms with Gasteiger partial charge >= 0.3 is 17.9 Å². The van der Waals surface area contributed by atoms with E-state index in [2.05, 4.69) is 142 Å². The molecule has 6 nitrogen and oxygen atoms in total. The number of ether oxygens (including phenoxy) is 3. The molecular weight excluding hydrogens is 781 g/mol. The lowest BCUT2D eigenvalue weighted by atomic mass is 10.1. The first-order chi connectivity index (χ1) is 31.0. The minimum atomic E-state index is -0.810. The van der Waals surface area contributed by atoms with E-state index in [4.69, 9.17) is 14.2 Å². The van der Waals surface area contributed by atoms with Gasteiger partial charge in [0, 0.05) is 19.3 Å². The van der Waals surface area contributed by atoms with Gasteiger partial charge in [0.1, 0.15) is 13.2 Å². The zero-order valence-electron chi connectivity index (χ0n) is 40.3. The fourth-order valence-corrected chi connectivity index (χ4v) is 6.33. The maximum atomic E-state index is 12.8. The van der Waals surface area contributed by atoms with E-state index in [0.29, 0.717) is 19.3 Å². The average Bonchev–Trinajstić information content (AvgIpc) is 3.28. The van der Waals surface area contributed by atoms with E-state index in [1.54, 1.807) is 0 Å². The molecule has 0 aromatic rings. The summed E-state index contributed by atoms with van der Waals surface area (Å²) in [5, 5.41) is 0. The van der Waals surface area contributed by atoms with Gasteiger partial charge in [-0.1, -0.05) is 194 Å². The monoisotopic (exact) mass is 871 g/mol. The summed E-state index contributed by atoms with van der Waals surface area (Å²) in [5.74, 6) is -0.982. The number of unbranched alkanes of at least 4 members (excludes halogenated alkanes) is 14. The van der Waals surface area contributed by atoms with Gasteiger partial charge in [-0.05, 0) is 109 Å². The molecule has 0 bridgehead atoms. The molecule has 0 radical (unpaired) electrons. The third kappa shape index (κ3) is 48.7. The van der Waals surface area contributed by atoms with E-state index < -0.39 is 6.10 Å². The molecule has 0 saturated heterocycles. The third-order valence-electron chi connectivity index (χ3n) is 10.0. The Hall–Kier alpha value is -4.19. The molecule has 0 aliphatic rings. The summed E-state index contributed by atoms with van der Waals surface area (Å²) in [5.41, 5.74) is 0. The second-order valence-corrected chi connectivity index (χ2v) is 16.0. The Morgan fingerprint density at radius 3 is 1.08 bits per heavy atom. The summed E-state index contributed by atoms with van der Waals surface area (Å²) in [7, 11) is 0. The molecule has 1 unspecified atom stereocenters. The first-order valence-corrected chi connectivity index (χ1v) is 25.1. The molecule has 63 heavy (non-hydrogen) atoms. The highest BCUT2D eigenvalue weighted by atomic mass is 16.6. The van der Waals surface area contributed by atoms with E-state index in [1.165, 1.54) is 19.3 Å².